The molecule has 92 valence electrons. The molecule has 0 aliphatic heterocycles. The first-order valence-corrected chi connectivity index (χ1v) is 5.96. The summed E-state index contributed by atoms with van der Waals surface area (Å²) < 4.78 is 5.44. The summed E-state index contributed by atoms with van der Waals surface area (Å²) in [5.74, 6) is 0.838. The van der Waals surface area contributed by atoms with Crippen LogP contribution in [0.4, 0.5) is 0 Å². The van der Waals surface area contributed by atoms with E-state index in [2.05, 4.69) is 46.5 Å². The Kier molecular flexibility index (Phi) is 2.53. The van der Waals surface area contributed by atoms with Gasteiger partial charge < -0.3 is 4.42 Å². The fourth-order valence-corrected chi connectivity index (χ4v) is 1.76. The van der Waals surface area contributed by atoms with Gasteiger partial charge in [-0.2, -0.15) is 4.98 Å². The minimum atomic E-state index is -0.0685. The molecule has 0 N–H and O–H groups in total. The minimum Gasteiger partial charge on any atom is -0.446 e. The highest BCUT2D eigenvalue weighted by Gasteiger charge is 2.25. The van der Waals surface area contributed by atoms with E-state index in [9.17, 15) is 0 Å². The smallest absolute Gasteiger partial charge is 0.229 e. The molecule has 3 heteroatoms. The lowest BCUT2D eigenvalue weighted by Gasteiger charge is -2.22. The molecular formula is C14H20N2O. The molecule has 17 heavy (non-hydrogen) atoms. The van der Waals surface area contributed by atoms with Gasteiger partial charge in [-0.1, -0.05) is 41.5 Å². The zero-order valence-corrected chi connectivity index (χ0v) is 11.5. The normalized spacial score (nSPS) is 13.3. The van der Waals surface area contributed by atoms with Gasteiger partial charge in [-0.15, -0.1) is 0 Å². The first-order chi connectivity index (χ1) is 7.69. The molecule has 0 aliphatic carbocycles. The van der Waals surface area contributed by atoms with E-state index in [0.717, 1.165) is 16.9 Å². The lowest BCUT2D eigenvalue weighted by molar-refractivity contribution is 0.510. The van der Waals surface area contributed by atoms with Crippen molar-refractivity contribution in [3.05, 3.63) is 23.8 Å². The second-order valence-electron chi connectivity index (χ2n) is 6.54. The van der Waals surface area contributed by atoms with Crippen molar-refractivity contribution >= 4 is 11.1 Å². The van der Waals surface area contributed by atoms with Crippen LogP contribution in [-0.4, -0.2) is 9.97 Å². The molecule has 0 bridgehead atoms. The monoisotopic (exact) mass is 232 g/mol. The molecule has 0 aliphatic rings. The maximum Gasteiger partial charge on any atom is 0.229 e. The Morgan fingerprint density at radius 2 is 1.59 bits per heavy atom. The topological polar surface area (TPSA) is 38.9 Å². The van der Waals surface area contributed by atoms with Crippen LogP contribution in [0.25, 0.3) is 11.1 Å². The van der Waals surface area contributed by atoms with Gasteiger partial charge in [-0.25, -0.2) is 4.98 Å². The maximum atomic E-state index is 5.44. The summed E-state index contributed by atoms with van der Waals surface area (Å²) in [4.78, 5) is 9.25. The van der Waals surface area contributed by atoms with Gasteiger partial charge in [-0.05, 0) is 6.07 Å². The van der Waals surface area contributed by atoms with Crippen molar-refractivity contribution in [2.24, 2.45) is 0 Å². The predicted molar refractivity (Wildman–Crippen MR) is 69.2 cm³/mol. The Morgan fingerprint density at radius 1 is 0.941 bits per heavy atom. The molecule has 0 atom stereocenters. The Bertz CT molecular complexity index is 541. The van der Waals surface area contributed by atoms with Crippen molar-refractivity contribution in [3.8, 4) is 0 Å². The van der Waals surface area contributed by atoms with Gasteiger partial charge in [0.2, 0.25) is 5.71 Å². The van der Waals surface area contributed by atoms with Crippen LogP contribution < -0.4 is 0 Å². The highest BCUT2D eigenvalue weighted by atomic mass is 16.3. The van der Waals surface area contributed by atoms with Crippen LogP contribution in [0.15, 0.2) is 16.7 Å². The third-order valence-electron chi connectivity index (χ3n) is 2.71. The summed E-state index contributed by atoms with van der Waals surface area (Å²) in [6, 6.07) is 1.95. The van der Waals surface area contributed by atoms with E-state index in [1.54, 1.807) is 6.26 Å². The van der Waals surface area contributed by atoms with Crippen LogP contribution in [0, 0.1) is 0 Å². The largest absolute Gasteiger partial charge is 0.446 e. The number of hydrogen-bond donors (Lipinski definition) is 0. The number of rotatable bonds is 0. The molecule has 2 rings (SSSR count). The molecule has 0 fully saturated rings. The Labute approximate surface area is 102 Å². The summed E-state index contributed by atoms with van der Waals surface area (Å²) in [5.41, 5.74) is 1.67. The van der Waals surface area contributed by atoms with E-state index in [0.29, 0.717) is 5.71 Å². The van der Waals surface area contributed by atoms with Gasteiger partial charge in [0.15, 0.2) is 0 Å². The SMILES string of the molecule is CC(C)(C)c1nc(C(C)(C)C)c2ccoc2n1. The second-order valence-corrected chi connectivity index (χ2v) is 6.54. The average Bonchev–Trinajstić information content (AvgIpc) is 2.59. The van der Waals surface area contributed by atoms with Crippen LogP contribution in [-0.2, 0) is 10.8 Å². The zero-order valence-electron chi connectivity index (χ0n) is 11.5. The molecule has 0 amide bonds. The quantitative estimate of drug-likeness (QED) is 0.693. The maximum absolute atomic E-state index is 5.44. The molecular weight excluding hydrogens is 212 g/mol. The van der Waals surface area contributed by atoms with Crippen molar-refractivity contribution < 1.29 is 4.42 Å². The highest BCUT2D eigenvalue weighted by Crippen LogP contribution is 2.30. The van der Waals surface area contributed by atoms with E-state index >= 15 is 0 Å². The lowest BCUT2D eigenvalue weighted by Crippen LogP contribution is -2.21. The summed E-state index contributed by atoms with van der Waals surface area (Å²) in [6.45, 7) is 12.8. The van der Waals surface area contributed by atoms with Crippen LogP contribution >= 0.6 is 0 Å². The van der Waals surface area contributed by atoms with E-state index in [4.69, 9.17) is 9.40 Å². The molecule has 2 aromatic rings. The summed E-state index contributed by atoms with van der Waals surface area (Å²) in [5, 5.41) is 1.02. The Balaban J connectivity index is 2.76. The van der Waals surface area contributed by atoms with Crippen LogP contribution in [0.1, 0.15) is 53.1 Å². The highest BCUT2D eigenvalue weighted by molar-refractivity contribution is 5.77. The van der Waals surface area contributed by atoms with Gasteiger partial charge in [0, 0.05) is 10.8 Å². The number of aromatic nitrogens is 2. The molecule has 0 saturated carbocycles. The third kappa shape index (κ3) is 2.19. The van der Waals surface area contributed by atoms with Crippen molar-refractivity contribution in [2.45, 2.75) is 52.4 Å². The second kappa shape index (κ2) is 3.56. The molecule has 3 nitrogen and oxygen atoms in total. The fraction of sp³-hybridized carbons (Fsp3) is 0.571. The molecule has 2 aromatic heterocycles. The molecule has 0 spiro atoms. The van der Waals surface area contributed by atoms with Gasteiger partial charge in [-0.3, -0.25) is 0 Å². The molecule has 0 aromatic carbocycles. The Hall–Kier alpha value is -1.38. The molecule has 0 unspecified atom stereocenters. The van der Waals surface area contributed by atoms with Gasteiger partial charge in [0.25, 0.3) is 0 Å². The van der Waals surface area contributed by atoms with Crippen LogP contribution in [0.3, 0.4) is 0 Å². The van der Waals surface area contributed by atoms with Crippen LogP contribution in [0.2, 0.25) is 0 Å². The average molecular weight is 232 g/mol. The van der Waals surface area contributed by atoms with Crippen molar-refractivity contribution in [1.29, 1.82) is 0 Å². The van der Waals surface area contributed by atoms with Crippen LogP contribution in [0.5, 0.6) is 0 Å². The fourth-order valence-electron chi connectivity index (χ4n) is 1.76. The van der Waals surface area contributed by atoms with Crippen molar-refractivity contribution in [3.63, 3.8) is 0 Å². The first-order valence-electron chi connectivity index (χ1n) is 5.96. The predicted octanol–water partition coefficient (Wildman–Crippen LogP) is 3.82. The first kappa shape index (κ1) is 12.1. The molecule has 2 heterocycles. The van der Waals surface area contributed by atoms with Crippen molar-refractivity contribution in [1.82, 2.24) is 9.97 Å². The number of nitrogens with zero attached hydrogens (tertiary/aromatic N) is 2. The van der Waals surface area contributed by atoms with E-state index in [1.165, 1.54) is 0 Å². The molecule has 0 radical (unpaired) electrons. The number of fused-ring (bicyclic) bond motifs is 1. The van der Waals surface area contributed by atoms with Gasteiger partial charge in [0.1, 0.15) is 5.82 Å². The standard InChI is InChI=1S/C14H20N2O/c1-13(2,3)10-9-7-8-17-11(9)16-12(15-10)14(4,5)6/h7-8H,1-6H3. The lowest BCUT2D eigenvalue weighted by atomic mass is 9.88. The summed E-state index contributed by atoms with van der Waals surface area (Å²) in [6.07, 6.45) is 1.68. The minimum absolute atomic E-state index is 0.00887. The Morgan fingerprint density at radius 3 is 2.12 bits per heavy atom. The van der Waals surface area contributed by atoms with Crippen molar-refractivity contribution in [2.75, 3.05) is 0 Å². The third-order valence-corrected chi connectivity index (χ3v) is 2.71. The number of furan rings is 1. The van der Waals surface area contributed by atoms with E-state index in [1.807, 2.05) is 6.07 Å². The zero-order chi connectivity index (χ0) is 12.8. The van der Waals surface area contributed by atoms with Gasteiger partial charge >= 0.3 is 0 Å². The molecule has 0 saturated heterocycles. The summed E-state index contributed by atoms with van der Waals surface area (Å²) >= 11 is 0. The van der Waals surface area contributed by atoms with E-state index in [-0.39, 0.29) is 10.8 Å². The van der Waals surface area contributed by atoms with Gasteiger partial charge in [0.05, 0.1) is 17.3 Å². The summed E-state index contributed by atoms with van der Waals surface area (Å²) in [7, 11) is 0. The van der Waals surface area contributed by atoms with E-state index < -0.39 is 0 Å². The number of hydrogen-bond acceptors (Lipinski definition) is 3.